The molecule has 0 radical (unpaired) electrons. The molecule has 0 aliphatic heterocycles. The molecular formula is C26H20N2O2Pd. The first-order chi connectivity index (χ1) is 14.7. The van der Waals surface area contributed by atoms with Gasteiger partial charge in [0, 0.05) is 12.4 Å². The Morgan fingerprint density at radius 2 is 0.774 bits per heavy atom. The Morgan fingerprint density at radius 3 is 1.13 bits per heavy atom. The number of hydrogen-bond donors (Lipinski definition) is 0. The fourth-order valence-electron chi connectivity index (χ4n) is 2.49. The smallest absolute Gasteiger partial charge is 0.872 e. The third-order valence-electron chi connectivity index (χ3n) is 4.06. The van der Waals surface area contributed by atoms with Crippen LogP contribution < -0.4 is 10.2 Å². The Kier molecular flexibility index (Phi) is 9.90. The molecule has 31 heavy (non-hydrogen) atoms. The summed E-state index contributed by atoms with van der Waals surface area (Å²) in [7, 11) is 0. The van der Waals surface area contributed by atoms with Gasteiger partial charge in [0.2, 0.25) is 0 Å². The summed E-state index contributed by atoms with van der Waals surface area (Å²) in [4.78, 5) is 8.42. The molecule has 156 valence electrons. The van der Waals surface area contributed by atoms with Crippen molar-refractivity contribution >= 4 is 23.8 Å². The van der Waals surface area contributed by atoms with Crippen molar-refractivity contribution in [2.45, 2.75) is 0 Å². The first kappa shape index (κ1) is 23.8. The van der Waals surface area contributed by atoms with Crippen molar-refractivity contribution in [3.63, 3.8) is 0 Å². The van der Waals surface area contributed by atoms with E-state index >= 15 is 0 Å². The van der Waals surface area contributed by atoms with Gasteiger partial charge in [-0.15, -0.1) is 11.5 Å². The maximum absolute atomic E-state index is 11.3. The molecule has 0 aliphatic rings. The summed E-state index contributed by atoms with van der Waals surface area (Å²) in [6.07, 6.45) is 3.19. The molecule has 0 unspecified atom stereocenters. The molecule has 0 atom stereocenters. The first-order valence-corrected chi connectivity index (χ1v) is 9.43. The van der Waals surface area contributed by atoms with Gasteiger partial charge in [0.15, 0.2) is 0 Å². The number of aliphatic imine (C=N–C) groups is 2. The van der Waals surface area contributed by atoms with Crippen molar-refractivity contribution < 1.29 is 30.6 Å². The molecular weight excluding hydrogens is 479 g/mol. The van der Waals surface area contributed by atoms with E-state index in [2.05, 4.69) is 9.98 Å². The molecule has 0 saturated heterocycles. The molecule has 4 rings (SSSR count). The minimum atomic E-state index is -0.00261. The summed E-state index contributed by atoms with van der Waals surface area (Å²) >= 11 is 0. The largest absolute Gasteiger partial charge is 2.00 e. The average molecular weight is 499 g/mol. The van der Waals surface area contributed by atoms with Crippen molar-refractivity contribution in [1.29, 1.82) is 0 Å². The minimum Gasteiger partial charge on any atom is -0.872 e. The second kappa shape index (κ2) is 12.9. The average Bonchev–Trinajstić information content (AvgIpc) is 2.80. The van der Waals surface area contributed by atoms with Gasteiger partial charge < -0.3 is 10.2 Å². The molecule has 4 nitrogen and oxygen atoms in total. The van der Waals surface area contributed by atoms with Crippen LogP contribution in [-0.4, -0.2) is 12.4 Å². The molecule has 0 spiro atoms. The van der Waals surface area contributed by atoms with Gasteiger partial charge in [-0.2, -0.15) is 0 Å². The zero-order valence-electron chi connectivity index (χ0n) is 16.6. The SMILES string of the molecule is [O-]c1ccccc1/C=N/c1ccccc1.[O-]c1ccccc1/C=N/c1ccccc1.[Pd+2]. The Hall–Kier alpha value is -3.52. The molecule has 4 aromatic carbocycles. The van der Waals surface area contributed by atoms with Gasteiger partial charge in [0.05, 0.1) is 11.4 Å². The van der Waals surface area contributed by atoms with E-state index in [0.717, 1.165) is 11.4 Å². The molecule has 0 fully saturated rings. The van der Waals surface area contributed by atoms with Crippen LogP contribution in [-0.2, 0) is 20.4 Å². The Labute approximate surface area is 195 Å². The monoisotopic (exact) mass is 498 g/mol. The van der Waals surface area contributed by atoms with E-state index < -0.39 is 0 Å². The second-order valence-corrected chi connectivity index (χ2v) is 6.26. The van der Waals surface area contributed by atoms with E-state index in [0.29, 0.717) is 11.1 Å². The molecule has 5 heteroatoms. The van der Waals surface area contributed by atoms with Crippen molar-refractivity contribution in [2.24, 2.45) is 9.98 Å². The number of nitrogens with zero attached hydrogens (tertiary/aromatic N) is 2. The normalized spacial score (nSPS) is 10.3. The zero-order valence-corrected chi connectivity index (χ0v) is 18.1. The van der Waals surface area contributed by atoms with Crippen LogP contribution in [0.2, 0.25) is 0 Å². The molecule has 0 amide bonds. The summed E-state index contributed by atoms with van der Waals surface area (Å²) in [5, 5.41) is 22.7. The van der Waals surface area contributed by atoms with Gasteiger partial charge >= 0.3 is 20.4 Å². The maximum atomic E-state index is 11.3. The maximum Gasteiger partial charge on any atom is 2.00 e. The summed E-state index contributed by atoms with van der Waals surface area (Å²) in [5.74, 6) is -0.00522. The summed E-state index contributed by atoms with van der Waals surface area (Å²) in [6.45, 7) is 0. The van der Waals surface area contributed by atoms with E-state index in [4.69, 9.17) is 0 Å². The predicted octanol–water partition coefficient (Wildman–Crippen LogP) is 5.02. The third-order valence-corrected chi connectivity index (χ3v) is 4.06. The van der Waals surface area contributed by atoms with E-state index in [1.54, 1.807) is 36.7 Å². The van der Waals surface area contributed by atoms with Crippen LogP contribution in [0.4, 0.5) is 11.4 Å². The standard InChI is InChI=1S/2C13H11NO.Pd/c2*15-13-9-5-4-6-11(13)10-14-12-7-2-1-3-8-12;/h2*1-10,15H;/q;;+2/p-2/b2*14-10+;. The molecule has 0 N–H and O–H groups in total. The number of benzene rings is 4. The van der Waals surface area contributed by atoms with Crippen LogP contribution in [0.25, 0.3) is 0 Å². The van der Waals surface area contributed by atoms with E-state index in [1.165, 1.54) is 12.1 Å². The van der Waals surface area contributed by atoms with Crippen molar-refractivity contribution in [3.8, 4) is 11.5 Å². The molecule has 0 aliphatic carbocycles. The van der Waals surface area contributed by atoms with Crippen LogP contribution in [0.3, 0.4) is 0 Å². The van der Waals surface area contributed by atoms with Crippen LogP contribution >= 0.6 is 0 Å². The third kappa shape index (κ3) is 8.02. The van der Waals surface area contributed by atoms with Crippen molar-refractivity contribution in [3.05, 3.63) is 120 Å². The Morgan fingerprint density at radius 1 is 0.452 bits per heavy atom. The Balaban J connectivity index is 0.000000213. The molecule has 4 aromatic rings. The predicted molar refractivity (Wildman–Crippen MR) is 119 cm³/mol. The van der Waals surface area contributed by atoms with Gasteiger partial charge in [-0.05, 0) is 35.4 Å². The number of para-hydroxylation sites is 4. The van der Waals surface area contributed by atoms with Gasteiger partial charge in [-0.3, -0.25) is 9.98 Å². The van der Waals surface area contributed by atoms with E-state index in [-0.39, 0.29) is 31.9 Å². The topological polar surface area (TPSA) is 70.8 Å². The van der Waals surface area contributed by atoms with Gasteiger partial charge in [-0.1, -0.05) is 84.9 Å². The zero-order chi connectivity index (χ0) is 21.0. The fourth-order valence-corrected chi connectivity index (χ4v) is 2.49. The van der Waals surface area contributed by atoms with E-state index in [9.17, 15) is 10.2 Å². The Bertz CT molecular complexity index is 1020. The number of hydrogen-bond acceptors (Lipinski definition) is 4. The quantitative estimate of drug-likeness (QED) is 0.293. The minimum absolute atomic E-state index is 0. The molecule has 0 heterocycles. The first-order valence-electron chi connectivity index (χ1n) is 9.43. The fraction of sp³-hybridized carbons (Fsp3) is 0. The molecule has 0 saturated carbocycles. The van der Waals surface area contributed by atoms with Gasteiger partial charge in [0.25, 0.3) is 0 Å². The van der Waals surface area contributed by atoms with E-state index in [1.807, 2.05) is 72.8 Å². The number of rotatable bonds is 4. The van der Waals surface area contributed by atoms with Crippen molar-refractivity contribution in [1.82, 2.24) is 0 Å². The van der Waals surface area contributed by atoms with Crippen LogP contribution in [0.1, 0.15) is 11.1 Å². The molecule has 0 aromatic heterocycles. The molecule has 0 bridgehead atoms. The summed E-state index contributed by atoms with van der Waals surface area (Å²) in [5.41, 5.74) is 2.92. The van der Waals surface area contributed by atoms with Crippen LogP contribution in [0, 0.1) is 0 Å². The summed E-state index contributed by atoms with van der Waals surface area (Å²) in [6, 6.07) is 32.8. The van der Waals surface area contributed by atoms with Gasteiger partial charge in [-0.25, -0.2) is 0 Å². The van der Waals surface area contributed by atoms with Gasteiger partial charge in [0.1, 0.15) is 0 Å². The summed E-state index contributed by atoms with van der Waals surface area (Å²) < 4.78 is 0. The van der Waals surface area contributed by atoms with Crippen LogP contribution in [0.5, 0.6) is 11.5 Å². The second-order valence-electron chi connectivity index (χ2n) is 6.26. The van der Waals surface area contributed by atoms with Crippen molar-refractivity contribution in [2.75, 3.05) is 0 Å². The van der Waals surface area contributed by atoms with Crippen LogP contribution in [0.15, 0.2) is 119 Å².